The quantitative estimate of drug-likeness (QED) is 0.599. The molecule has 4 rings (SSSR count). The first-order valence-electron chi connectivity index (χ1n) is 12.7. The highest BCUT2D eigenvalue weighted by Crippen LogP contribution is 2.25. The molecule has 0 spiro atoms. The number of benzene rings is 2. The lowest BCUT2D eigenvalue weighted by Crippen LogP contribution is -2.52. The van der Waals surface area contributed by atoms with E-state index < -0.39 is 6.04 Å². The van der Waals surface area contributed by atoms with Gasteiger partial charge in [-0.25, -0.2) is 0 Å². The van der Waals surface area contributed by atoms with E-state index in [0.717, 1.165) is 55.3 Å². The number of hydrogen-bond acceptors (Lipinski definition) is 5. The Balaban J connectivity index is 1.34. The van der Waals surface area contributed by atoms with E-state index in [9.17, 15) is 9.59 Å². The summed E-state index contributed by atoms with van der Waals surface area (Å²) in [6.07, 6.45) is 0.978. The second kappa shape index (κ2) is 12.2. The van der Waals surface area contributed by atoms with Crippen LogP contribution in [0.15, 0.2) is 48.5 Å². The number of nitrogens with zero attached hydrogens (tertiary/aromatic N) is 2. The largest absolute Gasteiger partial charge is 0.492 e. The van der Waals surface area contributed by atoms with Crippen molar-refractivity contribution < 1.29 is 19.1 Å². The minimum Gasteiger partial charge on any atom is -0.492 e. The van der Waals surface area contributed by atoms with Crippen LogP contribution in [-0.2, 0) is 33.8 Å². The smallest absolute Gasteiger partial charge is 0.243 e. The van der Waals surface area contributed by atoms with Crippen molar-refractivity contribution in [2.45, 2.75) is 45.8 Å². The number of morpholine rings is 1. The van der Waals surface area contributed by atoms with Crippen LogP contribution in [0.25, 0.3) is 0 Å². The molecule has 0 aliphatic carbocycles. The van der Waals surface area contributed by atoms with Crippen molar-refractivity contribution in [1.29, 1.82) is 0 Å². The first kappa shape index (κ1) is 25.2. The molecule has 0 aromatic heterocycles. The van der Waals surface area contributed by atoms with Crippen molar-refractivity contribution in [2.75, 3.05) is 39.5 Å². The number of amides is 2. The first-order valence-corrected chi connectivity index (χ1v) is 12.7. The van der Waals surface area contributed by atoms with Gasteiger partial charge in [-0.2, -0.15) is 0 Å². The van der Waals surface area contributed by atoms with Gasteiger partial charge in [0.15, 0.2) is 0 Å². The van der Waals surface area contributed by atoms with Crippen LogP contribution in [0, 0.1) is 5.92 Å². The van der Waals surface area contributed by atoms with E-state index in [-0.39, 0.29) is 17.7 Å². The fraction of sp³-hybridized carbons (Fsp3) is 0.500. The van der Waals surface area contributed by atoms with E-state index in [4.69, 9.17) is 9.47 Å². The van der Waals surface area contributed by atoms with Crippen LogP contribution in [0.3, 0.4) is 0 Å². The van der Waals surface area contributed by atoms with E-state index in [0.29, 0.717) is 32.5 Å². The number of nitrogens with one attached hydrogen (secondary N) is 1. The number of carbonyl (C=O) groups is 2. The van der Waals surface area contributed by atoms with Gasteiger partial charge in [-0.3, -0.25) is 14.5 Å². The molecule has 2 aromatic rings. The van der Waals surface area contributed by atoms with Crippen LogP contribution in [0.1, 0.15) is 37.0 Å². The molecular formula is C28H37N3O4. The lowest BCUT2D eigenvalue weighted by atomic mass is 9.92. The Bertz CT molecular complexity index is 1000. The average molecular weight is 480 g/mol. The molecule has 188 valence electrons. The Morgan fingerprint density at radius 2 is 1.86 bits per heavy atom. The van der Waals surface area contributed by atoms with Crippen LogP contribution >= 0.6 is 0 Å². The van der Waals surface area contributed by atoms with Gasteiger partial charge >= 0.3 is 0 Å². The van der Waals surface area contributed by atoms with Gasteiger partial charge in [0.05, 0.1) is 13.2 Å². The van der Waals surface area contributed by atoms with Crippen LogP contribution in [0.2, 0.25) is 0 Å². The molecule has 1 unspecified atom stereocenters. The minimum atomic E-state index is -0.496. The monoisotopic (exact) mass is 479 g/mol. The molecule has 7 heteroatoms. The zero-order chi connectivity index (χ0) is 24.6. The Hall–Kier alpha value is -2.90. The van der Waals surface area contributed by atoms with Crippen LogP contribution in [0.4, 0.5) is 0 Å². The maximum Gasteiger partial charge on any atom is 0.243 e. The van der Waals surface area contributed by atoms with Gasteiger partial charge < -0.3 is 19.7 Å². The highest BCUT2D eigenvalue weighted by atomic mass is 16.5. The molecule has 2 aromatic carbocycles. The van der Waals surface area contributed by atoms with Gasteiger partial charge in [0.25, 0.3) is 0 Å². The van der Waals surface area contributed by atoms with Crippen LogP contribution in [-0.4, -0.2) is 67.1 Å². The number of hydrogen-bond donors (Lipinski definition) is 1. The van der Waals surface area contributed by atoms with Crippen LogP contribution < -0.4 is 10.1 Å². The van der Waals surface area contributed by atoms with Crippen molar-refractivity contribution in [1.82, 2.24) is 15.1 Å². The zero-order valence-corrected chi connectivity index (χ0v) is 20.9. The number of fused-ring (bicyclic) bond motifs is 1. The van der Waals surface area contributed by atoms with Crippen molar-refractivity contribution in [3.8, 4) is 5.75 Å². The number of ether oxygens (including phenoxy) is 2. The summed E-state index contributed by atoms with van der Waals surface area (Å²) in [4.78, 5) is 30.3. The van der Waals surface area contributed by atoms with Gasteiger partial charge in [-0.1, -0.05) is 50.2 Å². The van der Waals surface area contributed by atoms with Crippen molar-refractivity contribution in [3.63, 3.8) is 0 Å². The predicted octanol–water partition coefficient (Wildman–Crippen LogP) is 3.01. The predicted molar refractivity (Wildman–Crippen MR) is 135 cm³/mol. The number of carbonyl (C=O) groups excluding carboxylic acids is 2. The zero-order valence-electron chi connectivity index (χ0n) is 20.9. The molecule has 2 amide bonds. The van der Waals surface area contributed by atoms with Crippen molar-refractivity contribution in [2.24, 2.45) is 5.92 Å². The van der Waals surface area contributed by atoms with Gasteiger partial charge in [-0.05, 0) is 34.7 Å². The molecule has 2 aliphatic heterocycles. The summed E-state index contributed by atoms with van der Waals surface area (Å²) in [7, 11) is 0. The van der Waals surface area contributed by atoms with E-state index in [1.54, 1.807) is 4.90 Å². The van der Waals surface area contributed by atoms with E-state index in [2.05, 4.69) is 16.3 Å². The molecule has 1 N–H and O–H groups in total. The lowest BCUT2D eigenvalue weighted by molar-refractivity contribution is -0.142. The summed E-state index contributed by atoms with van der Waals surface area (Å²) in [5, 5.41) is 3.06. The highest BCUT2D eigenvalue weighted by molar-refractivity contribution is 5.88. The first-order chi connectivity index (χ1) is 17.0. The van der Waals surface area contributed by atoms with E-state index in [1.165, 1.54) is 0 Å². The second-order valence-corrected chi connectivity index (χ2v) is 9.78. The summed E-state index contributed by atoms with van der Waals surface area (Å²) < 4.78 is 11.3. The van der Waals surface area contributed by atoms with Gasteiger partial charge in [0, 0.05) is 45.6 Å². The fourth-order valence-electron chi connectivity index (χ4n) is 4.66. The third-order valence-corrected chi connectivity index (χ3v) is 6.60. The molecule has 0 saturated carbocycles. The highest BCUT2D eigenvalue weighted by Gasteiger charge is 2.34. The Morgan fingerprint density at radius 1 is 1.09 bits per heavy atom. The van der Waals surface area contributed by atoms with Gasteiger partial charge in [0.1, 0.15) is 18.4 Å². The Morgan fingerprint density at radius 3 is 2.63 bits per heavy atom. The van der Waals surface area contributed by atoms with Gasteiger partial charge in [0.2, 0.25) is 11.8 Å². The van der Waals surface area contributed by atoms with E-state index >= 15 is 0 Å². The third-order valence-electron chi connectivity index (χ3n) is 6.60. The molecule has 2 heterocycles. The minimum absolute atomic E-state index is 0.0327. The molecule has 7 nitrogen and oxygen atoms in total. The third kappa shape index (κ3) is 7.05. The molecule has 2 aliphatic rings. The molecule has 0 bridgehead atoms. The Labute approximate surface area is 208 Å². The maximum atomic E-state index is 13.3. The standard InChI is InChI=1S/C28H37N3O4/c1-21(2)16-27(32)31-20-24-8-4-3-7-23(24)18-26(31)28(33)29-19-22-6-5-9-25(17-22)35-15-12-30-10-13-34-14-11-30/h3-9,17,21,26H,10-16,18-20H2,1-2H3,(H,29,33). The molecular weight excluding hydrogens is 442 g/mol. The SMILES string of the molecule is CC(C)CC(=O)N1Cc2ccccc2CC1C(=O)NCc1cccc(OCCN2CCOCC2)c1. The Kier molecular flexibility index (Phi) is 8.77. The van der Waals surface area contributed by atoms with Crippen molar-refractivity contribution >= 4 is 11.8 Å². The summed E-state index contributed by atoms with van der Waals surface area (Å²) in [6.45, 7) is 9.86. The molecule has 0 radical (unpaired) electrons. The summed E-state index contributed by atoms with van der Waals surface area (Å²) >= 11 is 0. The number of rotatable bonds is 9. The van der Waals surface area contributed by atoms with Crippen LogP contribution in [0.5, 0.6) is 5.75 Å². The fourth-order valence-corrected chi connectivity index (χ4v) is 4.66. The molecule has 1 atom stereocenters. The van der Waals surface area contributed by atoms with Gasteiger partial charge in [-0.15, -0.1) is 0 Å². The topological polar surface area (TPSA) is 71.1 Å². The molecule has 1 fully saturated rings. The summed E-state index contributed by atoms with van der Waals surface area (Å²) in [5.41, 5.74) is 3.23. The second-order valence-electron chi connectivity index (χ2n) is 9.78. The van der Waals surface area contributed by atoms with E-state index in [1.807, 2.05) is 56.3 Å². The lowest BCUT2D eigenvalue weighted by Gasteiger charge is -2.36. The molecule has 1 saturated heterocycles. The molecule has 35 heavy (non-hydrogen) atoms. The normalized spacial score (nSPS) is 18.3. The summed E-state index contributed by atoms with van der Waals surface area (Å²) in [5.74, 6) is 0.959. The average Bonchev–Trinajstić information content (AvgIpc) is 2.87. The maximum absolute atomic E-state index is 13.3. The summed E-state index contributed by atoms with van der Waals surface area (Å²) in [6, 6.07) is 15.4. The van der Waals surface area contributed by atoms with Crippen molar-refractivity contribution in [3.05, 3.63) is 65.2 Å².